The molecule has 0 saturated heterocycles. The molecule has 31 heavy (non-hydrogen) atoms. The number of hydrogen-bond donors (Lipinski definition) is 1. The van der Waals surface area contributed by atoms with Crippen molar-refractivity contribution in [2.75, 3.05) is 0 Å². The predicted octanol–water partition coefficient (Wildman–Crippen LogP) is 4.98. The maximum atomic E-state index is 12.6. The van der Waals surface area contributed by atoms with Gasteiger partial charge in [-0.3, -0.25) is 9.78 Å². The molecular formula is C24H23N5OS. The summed E-state index contributed by atoms with van der Waals surface area (Å²) in [5.74, 6) is -0.163. The molecule has 3 aromatic heterocycles. The van der Waals surface area contributed by atoms with E-state index in [-0.39, 0.29) is 11.9 Å². The fourth-order valence-electron chi connectivity index (χ4n) is 3.21. The molecule has 0 saturated carbocycles. The first-order valence-electron chi connectivity index (χ1n) is 10.1. The first-order valence-corrected chi connectivity index (χ1v) is 11.0. The van der Waals surface area contributed by atoms with Gasteiger partial charge < -0.3 is 5.32 Å². The molecule has 0 radical (unpaired) electrons. The molecule has 4 rings (SSSR count). The van der Waals surface area contributed by atoms with Crippen LogP contribution in [0.15, 0.2) is 72.5 Å². The van der Waals surface area contributed by atoms with Crippen LogP contribution in [0.1, 0.15) is 35.7 Å². The van der Waals surface area contributed by atoms with Gasteiger partial charge in [0, 0.05) is 46.9 Å². The summed E-state index contributed by atoms with van der Waals surface area (Å²) in [6.45, 7) is 3.99. The summed E-state index contributed by atoms with van der Waals surface area (Å²) in [4.78, 5) is 21.3. The molecule has 6 nitrogen and oxygen atoms in total. The molecule has 7 heteroatoms. The number of aromatic nitrogens is 4. The lowest BCUT2D eigenvalue weighted by Crippen LogP contribution is -2.26. The Hall–Kier alpha value is -3.58. The molecule has 0 aliphatic rings. The van der Waals surface area contributed by atoms with Gasteiger partial charge in [0.15, 0.2) is 0 Å². The third kappa shape index (κ3) is 4.95. The van der Waals surface area contributed by atoms with Crippen LogP contribution in [0.3, 0.4) is 0 Å². The average Bonchev–Trinajstić information content (AvgIpc) is 3.44. The van der Waals surface area contributed by atoms with E-state index in [0.717, 1.165) is 39.6 Å². The minimum absolute atomic E-state index is 0.0966. The first-order chi connectivity index (χ1) is 15.1. The van der Waals surface area contributed by atoms with Crippen LogP contribution in [-0.2, 0) is 4.79 Å². The zero-order valence-corrected chi connectivity index (χ0v) is 18.2. The second kappa shape index (κ2) is 9.49. The van der Waals surface area contributed by atoms with Crippen molar-refractivity contribution in [3.63, 3.8) is 0 Å². The number of para-hydroxylation sites is 1. The lowest BCUT2D eigenvalue weighted by atomic mass is 10.1. The summed E-state index contributed by atoms with van der Waals surface area (Å²) in [5.41, 5.74) is 4.41. The third-order valence-corrected chi connectivity index (χ3v) is 5.85. The maximum Gasteiger partial charge on any atom is 0.244 e. The first kappa shape index (κ1) is 20.7. The molecule has 1 N–H and O–H groups in total. The van der Waals surface area contributed by atoms with Gasteiger partial charge >= 0.3 is 0 Å². The van der Waals surface area contributed by atoms with E-state index in [4.69, 9.17) is 5.10 Å². The molecule has 1 aromatic carbocycles. The van der Waals surface area contributed by atoms with Crippen LogP contribution in [0.25, 0.3) is 23.0 Å². The predicted molar refractivity (Wildman–Crippen MR) is 124 cm³/mol. The average molecular weight is 430 g/mol. The van der Waals surface area contributed by atoms with Crippen LogP contribution in [0.2, 0.25) is 0 Å². The summed E-state index contributed by atoms with van der Waals surface area (Å²) >= 11 is 1.57. The van der Waals surface area contributed by atoms with E-state index in [1.807, 2.05) is 72.6 Å². The van der Waals surface area contributed by atoms with Gasteiger partial charge in [-0.15, -0.1) is 11.3 Å². The molecule has 156 valence electrons. The number of benzene rings is 1. The number of aryl methyl sites for hydroxylation is 1. The van der Waals surface area contributed by atoms with Gasteiger partial charge in [-0.05, 0) is 43.7 Å². The van der Waals surface area contributed by atoms with Crippen molar-refractivity contribution in [1.29, 1.82) is 0 Å². The van der Waals surface area contributed by atoms with E-state index in [9.17, 15) is 4.79 Å². The highest BCUT2D eigenvalue weighted by Gasteiger charge is 2.15. The fraction of sp³-hybridized carbons (Fsp3) is 0.167. The maximum absolute atomic E-state index is 12.6. The molecule has 0 aliphatic heterocycles. The van der Waals surface area contributed by atoms with E-state index in [1.54, 1.807) is 35.9 Å². The van der Waals surface area contributed by atoms with Crippen molar-refractivity contribution in [3.05, 3.63) is 88.8 Å². The molecule has 1 atom stereocenters. The van der Waals surface area contributed by atoms with Crippen LogP contribution >= 0.6 is 11.3 Å². The highest BCUT2D eigenvalue weighted by molar-refractivity contribution is 7.09. The number of carbonyl (C=O) groups is 1. The lowest BCUT2D eigenvalue weighted by molar-refractivity contribution is -0.117. The molecule has 4 aromatic rings. The van der Waals surface area contributed by atoms with Crippen molar-refractivity contribution in [2.45, 2.75) is 26.3 Å². The number of pyridine rings is 1. The Labute approximate surface area is 185 Å². The number of carbonyl (C=O) groups excluding carboxylic acids is 1. The molecule has 1 unspecified atom stereocenters. The third-order valence-electron chi connectivity index (χ3n) is 4.77. The number of nitrogens with zero attached hydrogens (tertiary/aromatic N) is 4. The number of hydrogen-bond acceptors (Lipinski definition) is 5. The second-order valence-electron chi connectivity index (χ2n) is 7.08. The minimum atomic E-state index is -0.163. The quantitative estimate of drug-likeness (QED) is 0.421. The highest BCUT2D eigenvalue weighted by atomic mass is 32.1. The summed E-state index contributed by atoms with van der Waals surface area (Å²) in [6.07, 6.45) is 9.54. The summed E-state index contributed by atoms with van der Waals surface area (Å²) in [7, 11) is 0. The van der Waals surface area contributed by atoms with E-state index in [2.05, 4.69) is 15.3 Å². The zero-order valence-electron chi connectivity index (χ0n) is 17.4. The summed E-state index contributed by atoms with van der Waals surface area (Å²) < 4.78 is 1.81. The number of amides is 1. The zero-order chi connectivity index (χ0) is 21.6. The summed E-state index contributed by atoms with van der Waals surface area (Å²) in [6, 6.07) is 13.6. The molecule has 1 amide bonds. The topological polar surface area (TPSA) is 72.7 Å². The Bertz CT molecular complexity index is 1180. The van der Waals surface area contributed by atoms with Crippen molar-refractivity contribution in [2.24, 2.45) is 0 Å². The number of rotatable bonds is 7. The molecule has 0 aliphatic carbocycles. The molecular weight excluding hydrogens is 406 g/mol. The normalized spacial score (nSPS) is 12.2. The molecule has 0 spiro atoms. The molecule has 0 fully saturated rings. The van der Waals surface area contributed by atoms with E-state index < -0.39 is 0 Å². The monoisotopic (exact) mass is 429 g/mol. The Kier molecular flexibility index (Phi) is 6.33. The molecule has 0 bridgehead atoms. The van der Waals surface area contributed by atoms with Crippen molar-refractivity contribution >= 4 is 23.3 Å². The Morgan fingerprint density at radius 3 is 2.74 bits per heavy atom. The van der Waals surface area contributed by atoms with E-state index in [0.29, 0.717) is 0 Å². The van der Waals surface area contributed by atoms with Gasteiger partial charge in [-0.25, -0.2) is 9.67 Å². The second-order valence-corrected chi connectivity index (χ2v) is 7.97. The Morgan fingerprint density at radius 1 is 1.23 bits per heavy atom. The minimum Gasteiger partial charge on any atom is -0.343 e. The van der Waals surface area contributed by atoms with Crippen LogP contribution in [-0.4, -0.2) is 25.7 Å². The molecule has 3 heterocycles. The van der Waals surface area contributed by atoms with Crippen LogP contribution < -0.4 is 5.32 Å². The lowest BCUT2D eigenvalue weighted by Gasteiger charge is -2.12. The van der Waals surface area contributed by atoms with Gasteiger partial charge in [-0.1, -0.05) is 25.1 Å². The summed E-state index contributed by atoms with van der Waals surface area (Å²) in [5, 5.41) is 10.7. The van der Waals surface area contributed by atoms with Gasteiger partial charge in [0.05, 0.1) is 11.7 Å². The smallest absolute Gasteiger partial charge is 0.244 e. The largest absolute Gasteiger partial charge is 0.343 e. The SMILES string of the molecule is CCC(NC(=O)/C=C/c1cn(-c2ccccc2)nc1-c1cccnc1)c1nc(C)cs1. The van der Waals surface area contributed by atoms with Gasteiger partial charge in [-0.2, -0.15) is 5.10 Å². The van der Waals surface area contributed by atoms with Gasteiger partial charge in [0.1, 0.15) is 10.7 Å². The standard InChI is InChI=1S/C24H23N5OS/c1-3-21(24-26-17(2)16-31-24)27-22(30)12-11-19-15-29(20-9-5-4-6-10-20)28-23(19)18-8-7-13-25-14-18/h4-16,21H,3H2,1-2H3,(H,27,30)/b12-11+. The van der Waals surface area contributed by atoms with Crippen molar-refractivity contribution in [3.8, 4) is 16.9 Å². The Balaban J connectivity index is 1.60. The van der Waals surface area contributed by atoms with Gasteiger partial charge in [0.2, 0.25) is 5.91 Å². The number of thiazole rings is 1. The van der Waals surface area contributed by atoms with Crippen molar-refractivity contribution in [1.82, 2.24) is 25.1 Å². The van der Waals surface area contributed by atoms with Crippen LogP contribution in [0.5, 0.6) is 0 Å². The number of nitrogens with one attached hydrogen (secondary N) is 1. The van der Waals surface area contributed by atoms with Crippen LogP contribution in [0.4, 0.5) is 0 Å². The fourth-order valence-corrected chi connectivity index (χ4v) is 4.14. The van der Waals surface area contributed by atoms with Gasteiger partial charge in [0.25, 0.3) is 0 Å². The highest BCUT2D eigenvalue weighted by Crippen LogP contribution is 2.24. The Morgan fingerprint density at radius 2 is 2.06 bits per heavy atom. The van der Waals surface area contributed by atoms with Crippen molar-refractivity contribution < 1.29 is 4.79 Å². The van der Waals surface area contributed by atoms with E-state index >= 15 is 0 Å². The van der Waals surface area contributed by atoms with E-state index in [1.165, 1.54) is 0 Å². The van der Waals surface area contributed by atoms with Crippen LogP contribution in [0, 0.1) is 6.92 Å².